The molecule has 122 valence electrons. The third-order valence-corrected chi connectivity index (χ3v) is 4.54. The Morgan fingerprint density at radius 1 is 1.48 bits per heavy atom. The molecule has 3 rings (SSSR count). The highest BCUT2D eigenvalue weighted by Crippen LogP contribution is 2.23. The summed E-state index contributed by atoms with van der Waals surface area (Å²) in [4.78, 5) is 24.1. The van der Waals surface area contributed by atoms with Crippen LogP contribution in [0.15, 0.2) is 10.9 Å². The minimum Gasteiger partial charge on any atom is -0.352 e. The summed E-state index contributed by atoms with van der Waals surface area (Å²) in [5.41, 5.74) is 4.61. The van der Waals surface area contributed by atoms with Crippen molar-refractivity contribution < 1.29 is 4.79 Å². The van der Waals surface area contributed by atoms with Crippen molar-refractivity contribution in [3.63, 3.8) is 0 Å². The van der Waals surface area contributed by atoms with Crippen LogP contribution in [0.4, 0.5) is 0 Å². The van der Waals surface area contributed by atoms with Gasteiger partial charge in [0, 0.05) is 36.8 Å². The minimum absolute atomic E-state index is 0.0244. The lowest BCUT2D eigenvalue weighted by atomic mass is 9.86. The van der Waals surface area contributed by atoms with Gasteiger partial charge in [0.05, 0.1) is 11.4 Å². The van der Waals surface area contributed by atoms with Crippen molar-refractivity contribution in [1.29, 1.82) is 0 Å². The maximum absolute atomic E-state index is 12.4. The molecule has 0 bridgehead atoms. The summed E-state index contributed by atoms with van der Waals surface area (Å²) >= 11 is 0. The topological polar surface area (TPSA) is 92.7 Å². The number of aryl methyl sites for hydroxylation is 4. The number of H-pyrrole nitrogens is 1. The van der Waals surface area contributed by atoms with Crippen molar-refractivity contribution in [3.05, 3.63) is 44.6 Å². The van der Waals surface area contributed by atoms with E-state index >= 15 is 0 Å². The zero-order chi connectivity index (χ0) is 16.6. The van der Waals surface area contributed by atoms with Gasteiger partial charge in [-0.25, -0.2) is 4.68 Å². The van der Waals surface area contributed by atoms with Crippen LogP contribution in [-0.2, 0) is 31.2 Å². The largest absolute Gasteiger partial charge is 0.352 e. The fourth-order valence-corrected chi connectivity index (χ4v) is 3.06. The van der Waals surface area contributed by atoms with E-state index in [4.69, 9.17) is 0 Å². The third kappa shape index (κ3) is 3.04. The van der Waals surface area contributed by atoms with Gasteiger partial charge in [0.2, 0.25) is 5.91 Å². The number of hydrogen-bond donors (Lipinski definition) is 2. The van der Waals surface area contributed by atoms with Crippen LogP contribution in [-0.4, -0.2) is 25.9 Å². The Morgan fingerprint density at radius 2 is 2.26 bits per heavy atom. The summed E-state index contributed by atoms with van der Waals surface area (Å²) in [5, 5.41) is 14.3. The van der Waals surface area contributed by atoms with Crippen LogP contribution in [0.3, 0.4) is 0 Å². The van der Waals surface area contributed by atoms with E-state index in [0.29, 0.717) is 13.0 Å². The first-order valence-electron chi connectivity index (χ1n) is 7.80. The average Bonchev–Trinajstić information content (AvgIpc) is 2.84. The van der Waals surface area contributed by atoms with Gasteiger partial charge in [-0.1, -0.05) is 0 Å². The molecular formula is C16H21N5O2. The van der Waals surface area contributed by atoms with Gasteiger partial charge < -0.3 is 5.32 Å². The molecule has 2 aromatic rings. The maximum atomic E-state index is 12.4. The average molecular weight is 315 g/mol. The summed E-state index contributed by atoms with van der Waals surface area (Å²) in [5.74, 6) is -0.0831. The van der Waals surface area contributed by atoms with E-state index in [1.54, 1.807) is 13.1 Å². The molecule has 0 saturated carbocycles. The second kappa shape index (κ2) is 5.98. The molecule has 0 aliphatic heterocycles. The molecule has 7 nitrogen and oxygen atoms in total. The van der Waals surface area contributed by atoms with Crippen molar-refractivity contribution >= 4 is 5.91 Å². The number of carbonyl (C=O) groups excluding carboxylic acids is 1. The highest BCUT2D eigenvalue weighted by Gasteiger charge is 2.26. The SMILES string of the molecule is Cc1n[nH]c(C)c1CNC(=O)[C@@H]1CCc2nn(C)c(=O)cc2C1. The van der Waals surface area contributed by atoms with Crippen molar-refractivity contribution in [2.75, 3.05) is 0 Å². The van der Waals surface area contributed by atoms with Crippen LogP contribution in [0.2, 0.25) is 0 Å². The number of amides is 1. The number of aromatic amines is 1. The summed E-state index contributed by atoms with van der Waals surface area (Å²) in [6, 6.07) is 1.60. The van der Waals surface area contributed by atoms with Crippen LogP contribution in [0.5, 0.6) is 0 Å². The van der Waals surface area contributed by atoms with Crippen molar-refractivity contribution in [1.82, 2.24) is 25.3 Å². The predicted molar refractivity (Wildman–Crippen MR) is 84.9 cm³/mol. The first-order chi connectivity index (χ1) is 11.0. The molecule has 1 aliphatic carbocycles. The highest BCUT2D eigenvalue weighted by atomic mass is 16.2. The normalized spacial score (nSPS) is 16.9. The van der Waals surface area contributed by atoms with Crippen molar-refractivity contribution in [2.45, 2.75) is 39.7 Å². The number of carbonyl (C=O) groups is 1. The lowest BCUT2D eigenvalue weighted by Gasteiger charge is -2.23. The molecule has 0 spiro atoms. The Balaban J connectivity index is 1.67. The standard InChI is InChI=1S/C16H21N5O2/c1-9-13(10(2)19-18-9)8-17-16(23)11-4-5-14-12(6-11)7-15(22)21(3)20-14/h7,11H,4-6,8H2,1-3H3,(H,17,23)(H,18,19)/t11-/m1/s1. The molecule has 1 atom stereocenters. The molecule has 2 heterocycles. The van der Waals surface area contributed by atoms with Gasteiger partial charge in [0.1, 0.15) is 0 Å². The molecule has 0 radical (unpaired) electrons. The molecular weight excluding hydrogens is 294 g/mol. The summed E-state index contributed by atoms with van der Waals surface area (Å²) < 4.78 is 1.35. The van der Waals surface area contributed by atoms with Crippen LogP contribution >= 0.6 is 0 Å². The van der Waals surface area contributed by atoms with E-state index in [0.717, 1.165) is 41.1 Å². The van der Waals surface area contributed by atoms with Gasteiger partial charge in [0.25, 0.3) is 5.56 Å². The molecule has 0 fully saturated rings. The van der Waals surface area contributed by atoms with Crippen LogP contribution in [0.1, 0.15) is 34.6 Å². The third-order valence-electron chi connectivity index (χ3n) is 4.54. The van der Waals surface area contributed by atoms with E-state index in [9.17, 15) is 9.59 Å². The monoisotopic (exact) mass is 315 g/mol. The summed E-state index contributed by atoms with van der Waals surface area (Å²) in [6.45, 7) is 4.34. The number of fused-ring (bicyclic) bond motifs is 1. The number of nitrogens with one attached hydrogen (secondary N) is 2. The van der Waals surface area contributed by atoms with Crippen LogP contribution in [0, 0.1) is 19.8 Å². The maximum Gasteiger partial charge on any atom is 0.266 e. The number of nitrogens with zero attached hydrogens (tertiary/aromatic N) is 3. The number of aromatic nitrogens is 4. The van der Waals surface area contributed by atoms with Crippen LogP contribution < -0.4 is 10.9 Å². The first-order valence-corrected chi connectivity index (χ1v) is 7.80. The van der Waals surface area contributed by atoms with E-state index in [1.165, 1.54) is 4.68 Å². The van der Waals surface area contributed by atoms with Crippen molar-refractivity contribution in [3.8, 4) is 0 Å². The Hall–Kier alpha value is -2.44. The predicted octanol–water partition coefficient (Wildman–Crippen LogP) is 0.542. The molecule has 0 saturated heterocycles. The lowest BCUT2D eigenvalue weighted by molar-refractivity contribution is -0.125. The van der Waals surface area contributed by atoms with E-state index < -0.39 is 0 Å². The van der Waals surface area contributed by atoms with Gasteiger partial charge in [-0.2, -0.15) is 10.2 Å². The van der Waals surface area contributed by atoms with Gasteiger partial charge in [-0.15, -0.1) is 0 Å². The zero-order valence-electron chi connectivity index (χ0n) is 13.6. The summed E-state index contributed by atoms with van der Waals surface area (Å²) in [7, 11) is 1.65. The Labute approximate surface area is 134 Å². The molecule has 2 aromatic heterocycles. The molecule has 1 aliphatic rings. The lowest BCUT2D eigenvalue weighted by Crippen LogP contribution is -2.35. The Kier molecular flexibility index (Phi) is 4.02. The highest BCUT2D eigenvalue weighted by molar-refractivity contribution is 5.79. The van der Waals surface area contributed by atoms with Gasteiger partial charge >= 0.3 is 0 Å². The van der Waals surface area contributed by atoms with Gasteiger partial charge in [-0.05, 0) is 38.7 Å². The van der Waals surface area contributed by atoms with E-state index in [1.807, 2.05) is 13.8 Å². The van der Waals surface area contributed by atoms with Crippen LogP contribution in [0.25, 0.3) is 0 Å². The summed E-state index contributed by atoms with van der Waals surface area (Å²) in [6.07, 6.45) is 2.06. The minimum atomic E-state index is -0.130. The van der Waals surface area contributed by atoms with E-state index in [2.05, 4.69) is 20.6 Å². The second-order valence-electron chi connectivity index (χ2n) is 6.15. The molecule has 23 heavy (non-hydrogen) atoms. The Morgan fingerprint density at radius 3 is 2.96 bits per heavy atom. The Bertz CT molecular complexity index is 786. The molecule has 2 N–H and O–H groups in total. The first kappa shape index (κ1) is 15.5. The van der Waals surface area contributed by atoms with E-state index in [-0.39, 0.29) is 17.4 Å². The molecule has 7 heteroatoms. The number of rotatable bonds is 3. The van der Waals surface area contributed by atoms with Crippen molar-refractivity contribution in [2.24, 2.45) is 13.0 Å². The fraction of sp³-hybridized carbons (Fsp3) is 0.500. The molecule has 0 unspecified atom stereocenters. The van der Waals surface area contributed by atoms with Gasteiger partial charge in [-0.3, -0.25) is 14.7 Å². The molecule has 0 aromatic carbocycles. The molecule has 1 amide bonds. The van der Waals surface area contributed by atoms with Gasteiger partial charge in [0.15, 0.2) is 0 Å². The smallest absolute Gasteiger partial charge is 0.266 e. The second-order valence-corrected chi connectivity index (χ2v) is 6.15. The quantitative estimate of drug-likeness (QED) is 0.864. The zero-order valence-corrected chi connectivity index (χ0v) is 13.6. The fourth-order valence-electron chi connectivity index (χ4n) is 3.06. The number of hydrogen-bond acceptors (Lipinski definition) is 4.